The summed E-state index contributed by atoms with van der Waals surface area (Å²) in [4.78, 5) is 62.9. The number of carbonyl (C=O) groups excluding carboxylic acids is 4. The van der Waals surface area contributed by atoms with Gasteiger partial charge in [0.2, 0.25) is 11.8 Å². The minimum Gasteiger partial charge on any atom is -0.353 e. The maximum Gasteiger partial charge on any atom is 0.250 e. The van der Waals surface area contributed by atoms with Gasteiger partial charge >= 0.3 is 0 Å². The molecule has 2 fully saturated rings. The zero-order valence-corrected chi connectivity index (χ0v) is 23.6. The second kappa shape index (κ2) is 11.3. The molecule has 2 N–H and O–H groups in total. The molecule has 13 nitrogen and oxygen atoms in total. The van der Waals surface area contributed by atoms with E-state index in [1.54, 1.807) is 65.3 Å². The van der Waals surface area contributed by atoms with Crippen molar-refractivity contribution >= 4 is 51.6 Å². The first-order chi connectivity index (χ1) is 20.7. The van der Waals surface area contributed by atoms with E-state index < -0.39 is 30.1 Å². The summed E-state index contributed by atoms with van der Waals surface area (Å²) in [5.41, 5.74) is 2.43. The van der Waals surface area contributed by atoms with Crippen LogP contribution in [0, 0.1) is 0 Å². The van der Waals surface area contributed by atoms with Gasteiger partial charge in [0.25, 0.3) is 5.91 Å². The van der Waals surface area contributed by atoms with Gasteiger partial charge in [0.05, 0.1) is 24.6 Å². The average Bonchev–Trinajstić information content (AvgIpc) is 3.76. The van der Waals surface area contributed by atoms with Crippen LogP contribution in [0.4, 0.5) is 21.6 Å². The highest BCUT2D eigenvalue weighted by atomic mass is 19.1. The molecule has 3 aromatic heterocycles. The quantitative estimate of drug-likeness (QED) is 0.298. The Kier molecular flexibility index (Phi) is 7.34. The van der Waals surface area contributed by atoms with Crippen LogP contribution in [0.3, 0.4) is 0 Å². The highest BCUT2D eigenvalue weighted by Gasteiger charge is 2.42. The Morgan fingerprint density at radius 2 is 1.91 bits per heavy atom. The molecule has 0 spiro atoms. The van der Waals surface area contributed by atoms with Gasteiger partial charge in [-0.3, -0.25) is 28.8 Å². The number of nitrogens with one attached hydrogen (secondary N) is 2. The molecule has 2 aliphatic rings. The molecule has 5 heterocycles. The van der Waals surface area contributed by atoms with Crippen molar-refractivity contribution in [3.8, 4) is 0 Å². The van der Waals surface area contributed by atoms with E-state index in [-0.39, 0.29) is 31.2 Å². The predicted octanol–water partition coefficient (Wildman–Crippen LogP) is 1.97. The molecular weight excluding hydrogens is 557 g/mol. The number of aryl methyl sites for hydroxylation is 1. The minimum absolute atomic E-state index is 0.161. The number of anilines is 3. The van der Waals surface area contributed by atoms with E-state index in [0.29, 0.717) is 46.6 Å². The van der Waals surface area contributed by atoms with Gasteiger partial charge in [0.15, 0.2) is 11.6 Å². The van der Waals surface area contributed by atoms with E-state index in [4.69, 9.17) is 0 Å². The van der Waals surface area contributed by atoms with Crippen LogP contribution in [-0.2, 0) is 28.0 Å². The fourth-order valence-electron chi connectivity index (χ4n) is 5.72. The summed E-state index contributed by atoms with van der Waals surface area (Å²) in [7, 11) is 1.75. The first-order valence-electron chi connectivity index (χ1n) is 13.9. The number of carbonyl (C=O) groups is 4. The van der Waals surface area contributed by atoms with E-state index in [0.717, 1.165) is 0 Å². The third-order valence-electron chi connectivity index (χ3n) is 7.79. The molecule has 0 radical (unpaired) electrons. The normalized spacial score (nSPS) is 20.2. The summed E-state index contributed by atoms with van der Waals surface area (Å²) in [5, 5.41) is 10.8. The highest BCUT2D eigenvalue weighted by Crippen LogP contribution is 2.29. The predicted molar refractivity (Wildman–Crippen MR) is 154 cm³/mol. The van der Waals surface area contributed by atoms with Crippen molar-refractivity contribution in [2.24, 2.45) is 7.05 Å². The lowest BCUT2D eigenvalue weighted by Crippen LogP contribution is -2.51. The van der Waals surface area contributed by atoms with E-state index in [1.165, 1.54) is 23.1 Å². The second-order valence-electron chi connectivity index (χ2n) is 10.8. The molecule has 4 aromatic rings. The summed E-state index contributed by atoms with van der Waals surface area (Å²) in [6.07, 6.45) is 6.81. The summed E-state index contributed by atoms with van der Waals surface area (Å²) < 4.78 is 17.8. The van der Waals surface area contributed by atoms with Crippen molar-refractivity contribution in [3.05, 3.63) is 60.9 Å². The van der Waals surface area contributed by atoms with Crippen molar-refractivity contribution in [2.45, 2.75) is 44.6 Å². The lowest BCUT2D eigenvalue weighted by Gasteiger charge is -2.25. The molecule has 0 aliphatic carbocycles. The van der Waals surface area contributed by atoms with Gasteiger partial charge in [-0.1, -0.05) is 0 Å². The highest BCUT2D eigenvalue weighted by molar-refractivity contribution is 6.08. The van der Waals surface area contributed by atoms with Crippen molar-refractivity contribution in [1.29, 1.82) is 0 Å². The van der Waals surface area contributed by atoms with Crippen LogP contribution < -0.4 is 15.5 Å². The molecular formula is C29H30FN9O4. The summed E-state index contributed by atoms with van der Waals surface area (Å²) in [5.74, 6) is -1.03. The molecule has 3 amide bonds. The molecule has 0 saturated carbocycles. The summed E-state index contributed by atoms with van der Waals surface area (Å²) in [6, 6.07) is 5.25. The standard InChI is InChI=1S/C29H30FN9O4/c1-17(40)22-14-37(24-4-3-19(10-21(22)24)33-20-11-31-16-32-12-20)15-27(41)39-13-18(30)9-25(39)28(42)34-23-5-8-38(29(23)43)26-6-7-36(2)35-26/h3-4,6-7,10-12,14,16,18,23,25,33H,5,8-9,13,15H2,1-2H3,(H,34,42)/t18-,23?,25+/m1/s1. The number of alkyl halides is 1. The minimum atomic E-state index is -1.38. The fourth-order valence-corrected chi connectivity index (χ4v) is 5.72. The van der Waals surface area contributed by atoms with Crippen molar-refractivity contribution in [2.75, 3.05) is 23.3 Å². The molecule has 2 saturated heterocycles. The van der Waals surface area contributed by atoms with Crippen LogP contribution in [0.5, 0.6) is 0 Å². The third-order valence-corrected chi connectivity index (χ3v) is 7.79. The maximum absolute atomic E-state index is 14.6. The Morgan fingerprint density at radius 3 is 2.63 bits per heavy atom. The van der Waals surface area contributed by atoms with Gasteiger partial charge in [-0.2, -0.15) is 5.10 Å². The molecule has 6 rings (SSSR count). The van der Waals surface area contributed by atoms with E-state index >= 15 is 0 Å². The first-order valence-corrected chi connectivity index (χ1v) is 13.9. The lowest BCUT2D eigenvalue weighted by atomic mass is 10.1. The number of likely N-dealkylation sites (tertiary alicyclic amines) is 1. The summed E-state index contributed by atoms with van der Waals surface area (Å²) in [6.45, 7) is 1.40. The number of aromatic nitrogens is 5. The molecule has 1 unspecified atom stereocenters. The van der Waals surface area contributed by atoms with Gasteiger partial charge in [-0.25, -0.2) is 14.4 Å². The molecule has 2 aliphatic heterocycles. The third kappa shape index (κ3) is 5.55. The van der Waals surface area contributed by atoms with Crippen molar-refractivity contribution in [3.63, 3.8) is 0 Å². The van der Waals surface area contributed by atoms with Crippen LogP contribution in [0.2, 0.25) is 0 Å². The van der Waals surface area contributed by atoms with Crippen LogP contribution in [-0.4, -0.2) is 84.1 Å². The topological polar surface area (TPSA) is 147 Å². The SMILES string of the molecule is CC(=O)c1cn(CC(=O)N2C[C@H](F)C[C@H]2C(=O)NC2CCN(c3ccn(C)n3)C2=O)c2ccc(Nc3cncnc3)cc12. The Bertz CT molecular complexity index is 1720. The first kappa shape index (κ1) is 28.0. The number of hydrogen-bond donors (Lipinski definition) is 2. The van der Waals surface area contributed by atoms with Crippen LogP contribution in [0.25, 0.3) is 10.9 Å². The zero-order valence-electron chi connectivity index (χ0n) is 23.6. The van der Waals surface area contributed by atoms with Crippen LogP contribution >= 0.6 is 0 Å². The monoisotopic (exact) mass is 587 g/mol. The number of fused-ring (bicyclic) bond motifs is 1. The Balaban J connectivity index is 1.17. The van der Waals surface area contributed by atoms with Crippen molar-refractivity contribution < 1.29 is 23.6 Å². The largest absolute Gasteiger partial charge is 0.353 e. The maximum atomic E-state index is 14.6. The van der Waals surface area contributed by atoms with Gasteiger partial charge in [-0.05, 0) is 31.5 Å². The number of nitrogens with zero attached hydrogens (tertiary/aromatic N) is 7. The van der Waals surface area contributed by atoms with Crippen LogP contribution in [0.15, 0.2) is 55.4 Å². The van der Waals surface area contributed by atoms with Crippen LogP contribution in [0.1, 0.15) is 30.1 Å². The number of Topliss-reactive ketones (excluding diaryl/α,β-unsaturated/α-hetero) is 1. The number of benzene rings is 1. The Morgan fingerprint density at radius 1 is 1.12 bits per heavy atom. The Hall–Kier alpha value is -5.14. The molecule has 222 valence electrons. The molecule has 1 aromatic carbocycles. The molecule has 43 heavy (non-hydrogen) atoms. The van der Waals surface area contributed by atoms with E-state index in [9.17, 15) is 23.6 Å². The molecule has 14 heteroatoms. The second-order valence-corrected chi connectivity index (χ2v) is 10.8. The Labute approximate surface area is 245 Å². The van der Waals surface area contributed by atoms with Gasteiger partial charge in [0, 0.05) is 60.6 Å². The average molecular weight is 588 g/mol. The fraction of sp³-hybridized carbons (Fsp3) is 0.345. The number of rotatable bonds is 8. The van der Waals surface area contributed by atoms with Crippen molar-refractivity contribution in [1.82, 2.24) is 34.5 Å². The number of amides is 3. The van der Waals surface area contributed by atoms with E-state index in [1.807, 2.05) is 0 Å². The van der Waals surface area contributed by atoms with E-state index in [2.05, 4.69) is 25.7 Å². The molecule has 0 bridgehead atoms. The number of halogens is 1. The number of ketones is 1. The zero-order chi connectivity index (χ0) is 30.2. The smallest absolute Gasteiger partial charge is 0.250 e. The van der Waals surface area contributed by atoms with Gasteiger partial charge < -0.3 is 20.1 Å². The number of hydrogen-bond acceptors (Lipinski definition) is 8. The van der Waals surface area contributed by atoms with Gasteiger partial charge in [0.1, 0.15) is 31.1 Å². The van der Waals surface area contributed by atoms with Gasteiger partial charge in [-0.15, -0.1) is 0 Å². The summed E-state index contributed by atoms with van der Waals surface area (Å²) >= 11 is 0. The lowest BCUT2D eigenvalue weighted by molar-refractivity contribution is -0.139. The molecule has 3 atom stereocenters.